The van der Waals surface area contributed by atoms with E-state index in [4.69, 9.17) is 22.1 Å². The van der Waals surface area contributed by atoms with Gasteiger partial charge in [0.2, 0.25) is 0 Å². The highest BCUT2D eigenvalue weighted by atomic mass is 35.5. The molecule has 0 aliphatic rings. The van der Waals surface area contributed by atoms with Crippen LogP contribution in [-0.4, -0.2) is 4.98 Å². The summed E-state index contributed by atoms with van der Waals surface area (Å²) in [7, 11) is 0. The van der Waals surface area contributed by atoms with E-state index in [-0.39, 0.29) is 12.4 Å². The van der Waals surface area contributed by atoms with Gasteiger partial charge in [0.25, 0.3) is 5.88 Å². The minimum absolute atomic E-state index is 0.0727. The fourth-order valence-electron chi connectivity index (χ4n) is 1.85. The summed E-state index contributed by atoms with van der Waals surface area (Å²) < 4.78 is 19.6. The zero-order chi connectivity index (χ0) is 14.0. The number of benzene rings is 1. The van der Waals surface area contributed by atoms with E-state index < -0.39 is 5.82 Å². The Balaban J connectivity index is 2.42. The maximum Gasteiger partial charge on any atom is 0.256 e. The van der Waals surface area contributed by atoms with Crippen molar-refractivity contribution in [3.8, 4) is 11.6 Å². The summed E-state index contributed by atoms with van der Waals surface area (Å²) in [5.74, 6) is -0.0415. The molecule has 2 N–H and O–H groups in total. The number of aryl methyl sites for hydroxylation is 2. The maximum absolute atomic E-state index is 14.0. The summed E-state index contributed by atoms with van der Waals surface area (Å²) in [6.07, 6.45) is 1.47. The van der Waals surface area contributed by atoms with Crippen molar-refractivity contribution >= 4 is 11.6 Å². The molecule has 0 amide bonds. The molecule has 5 heteroatoms. The van der Waals surface area contributed by atoms with Gasteiger partial charge in [-0.3, -0.25) is 0 Å². The van der Waals surface area contributed by atoms with Crippen LogP contribution in [0.3, 0.4) is 0 Å². The first kappa shape index (κ1) is 13.8. The maximum atomic E-state index is 14.0. The monoisotopic (exact) mass is 280 g/mol. The Bertz CT molecular complexity index is 593. The number of ether oxygens (including phenoxy) is 1. The molecule has 0 fully saturated rings. The number of halogens is 2. The molecule has 19 heavy (non-hydrogen) atoms. The third-order valence-corrected chi connectivity index (χ3v) is 3.00. The highest BCUT2D eigenvalue weighted by molar-refractivity contribution is 6.30. The number of hydrogen-bond acceptors (Lipinski definition) is 3. The lowest BCUT2D eigenvalue weighted by molar-refractivity contribution is 0.414. The second-order valence-corrected chi connectivity index (χ2v) is 4.70. The lowest BCUT2D eigenvalue weighted by Gasteiger charge is -2.12. The van der Waals surface area contributed by atoms with Crippen molar-refractivity contribution in [2.45, 2.75) is 20.4 Å². The van der Waals surface area contributed by atoms with Gasteiger partial charge in [0.1, 0.15) is 5.75 Å². The summed E-state index contributed by atoms with van der Waals surface area (Å²) in [4.78, 5) is 3.90. The quantitative estimate of drug-likeness (QED) is 0.932. The molecule has 0 aliphatic carbocycles. The predicted molar refractivity (Wildman–Crippen MR) is 73.1 cm³/mol. The second kappa shape index (κ2) is 5.55. The Morgan fingerprint density at radius 3 is 2.53 bits per heavy atom. The van der Waals surface area contributed by atoms with Gasteiger partial charge in [-0.2, -0.15) is 0 Å². The summed E-state index contributed by atoms with van der Waals surface area (Å²) in [5, 5.41) is 0.617. The van der Waals surface area contributed by atoms with Crippen LogP contribution in [0.25, 0.3) is 0 Å². The molecule has 100 valence electrons. The van der Waals surface area contributed by atoms with E-state index >= 15 is 0 Å². The molecule has 0 unspecified atom stereocenters. The van der Waals surface area contributed by atoms with Crippen molar-refractivity contribution in [2.75, 3.05) is 0 Å². The van der Waals surface area contributed by atoms with Crippen LogP contribution < -0.4 is 10.5 Å². The molecular weight excluding hydrogens is 267 g/mol. The van der Waals surface area contributed by atoms with Crippen LogP contribution in [0.4, 0.5) is 4.39 Å². The van der Waals surface area contributed by atoms with E-state index in [1.54, 1.807) is 12.1 Å². The van der Waals surface area contributed by atoms with E-state index in [1.807, 2.05) is 13.8 Å². The summed E-state index contributed by atoms with van der Waals surface area (Å²) >= 11 is 5.94. The molecule has 0 saturated carbocycles. The Labute approximate surface area is 116 Å². The number of nitrogens with zero attached hydrogens (tertiary/aromatic N) is 1. The average Bonchev–Trinajstić information content (AvgIpc) is 2.35. The van der Waals surface area contributed by atoms with Crippen LogP contribution >= 0.6 is 11.6 Å². The third-order valence-electron chi connectivity index (χ3n) is 2.78. The minimum atomic E-state index is -0.529. The van der Waals surface area contributed by atoms with Gasteiger partial charge < -0.3 is 10.5 Å². The Morgan fingerprint density at radius 2 is 1.95 bits per heavy atom. The van der Waals surface area contributed by atoms with Crippen molar-refractivity contribution in [3.63, 3.8) is 0 Å². The van der Waals surface area contributed by atoms with Crippen molar-refractivity contribution in [1.82, 2.24) is 4.98 Å². The number of rotatable bonds is 3. The molecule has 2 rings (SSSR count). The SMILES string of the molecule is Cc1cc(Cl)cc(C)c1Oc1nccc(CN)c1F. The lowest BCUT2D eigenvalue weighted by atomic mass is 10.1. The highest BCUT2D eigenvalue weighted by Gasteiger charge is 2.13. The molecule has 1 heterocycles. The molecule has 0 radical (unpaired) electrons. The Kier molecular flexibility index (Phi) is 4.02. The second-order valence-electron chi connectivity index (χ2n) is 4.26. The van der Waals surface area contributed by atoms with Crippen molar-refractivity contribution in [3.05, 3.63) is 51.9 Å². The predicted octanol–water partition coefficient (Wildman–Crippen LogP) is 3.74. The summed E-state index contributed by atoms with van der Waals surface area (Å²) in [6, 6.07) is 5.05. The molecule has 0 spiro atoms. The minimum Gasteiger partial charge on any atom is -0.436 e. The molecular formula is C14H14ClFN2O. The van der Waals surface area contributed by atoms with Gasteiger partial charge in [-0.15, -0.1) is 0 Å². The summed E-state index contributed by atoms with van der Waals surface area (Å²) in [6.45, 7) is 3.79. The first-order valence-electron chi connectivity index (χ1n) is 5.81. The number of hydrogen-bond donors (Lipinski definition) is 1. The van der Waals surface area contributed by atoms with Gasteiger partial charge in [0.15, 0.2) is 5.82 Å². The molecule has 3 nitrogen and oxygen atoms in total. The Hall–Kier alpha value is -1.65. The first-order chi connectivity index (χ1) is 9.02. The normalized spacial score (nSPS) is 10.6. The van der Waals surface area contributed by atoms with E-state index in [2.05, 4.69) is 4.98 Å². The van der Waals surface area contributed by atoms with Gasteiger partial charge in [-0.25, -0.2) is 9.37 Å². The fraction of sp³-hybridized carbons (Fsp3) is 0.214. The third kappa shape index (κ3) is 2.85. The molecule has 2 aromatic rings. The molecule has 0 aliphatic heterocycles. The summed E-state index contributed by atoms with van der Waals surface area (Å²) in [5.41, 5.74) is 7.47. The van der Waals surface area contributed by atoms with Crippen LogP contribution in [0, 0.1) is 19.7 Å². The number of aromatic nitrogens is 1. The zero-order valence-electron chi connectivity index (χ0n) is 10.7. The fourth-order valence-corrected chi connectivity index (χ4v) is 2.17. The Morgan fingerprint density at radius 1 is 1.32 bits per heavy atom. The van der Waals surface area contributed by atoms with Gasteiger partial charge in [-0.1, -0.05) is 11.6 Å². The van der Waals surface area contributed by atoms with Crippen LogP contribution in [0.2, 0.25) is 5.02 Å². The van der Waals surface area contributed by atoms with Gasteiger partial charge in [0.05, 0.1) is 0 Å². The zero-order valence-corrected chi connectivity index (χ0v) is 11.5. The van der Waals surface area contributed by atoms with Gasteiger partial charge in [0, 0.05) is 23.3 Å². The number of nitrogens with two attached hydrogens (primary N) is 1. The molecule has 0 atom stereocenters. The van der Waals surface area contributed by atoms with E-state index in [9.17, 15) is 4.39 Å². The van der Waals surface area contributed by atoms with Gasteiger partial charge in [-0.05, 0) is 43.2 Å². The highest BCUT2D eigenvalue weighted by Crippen LogP contribution is 2.32. The van der Waals surface area contributed by atoms with Crippen LogP contribution in [-0.2, 0) is 6.54 Å². The standard InChI is InChI=1S/C14H14ClFN2O/c1-8-5-11(15)6-9(2)13(8)19-14-12(16)10(7-17)3-4-18-14/h3-6H,7,17H2,1-2H3. The van der Waals surface area contributed by atoms with Gasteiger partial charge >= 0.3 is 0 Å². The molecule has 1 aromatic heterocycles. The molecule has 0 saturated heterocycles. The van der Waals surface area contributed by atoms with Crippen LogP contribution in [0.1, 0.15) is 16.7 Å². The largest absolute Gasteiger partial charge is 0.436 e. The molecule has 0 bridgehead atoms. The number of pyridine rings is 1. The van der Waals surface area contributed by atoms with E-state index in [0.29, 0.717) is 16.3 Å². The van der Waals surface area contributed by atoms with Crippen LogP contribution in [0.5, 0.6) is 11.6 Å². The topological polar surface area (TPSA) is 48.1 Å². The average molecular weight is 281 g/mol. The smallest absolute Gasteiger partial charge is 0.256 e. The van der Waals surface area contributed by atoms with E-state index in [1.165, 1.54) is 12.3 Å². The molecule has 1 aromatic carbocycles. The van der Waals surface area contributed by atoms with Crippen molar-refractivity contribution < 1.29 is 9.13 Å². The van der Waals surface area contributed by atoms with Crippen molar-refractivity contribution in [2.24, 2.45) is 5.73 Å². The van der Waals surface area contributed by atoms with Crippen LogP contribution in [0.15, 0.2) is 24.4 Å². The first-order valence-corrected chi connectivity index (χ1v) is 6.18. The van der Waals surface area contributed by atoms with E-state index in [0.717, 1.165) is 11.1 Å². The van der Waals surface area contributed by atoms with Crippen molar-refractivity contribution in [1.29, 1.82) is 0 Å². The lowest BCUT2D eigenvalue weighted by Crippen LogP contribution is -2.03.